The molecule has 0 aliphatic carbocycles. The van der Waals surface area contributed by atoms with Crippen LogP contribution in [0.4, 0.5) is 0 Å². The largest absolute Gasteiger partial charge is 0.469 e. The van der Waals surface area contributed by atoms with E-state index in [0.717, 1.165) is 44.9 Å². The summed E-state index contributed by atoms with van der Waals surface area (Å²) in [5.74, 6) is 0.439. The summed E-state index contributed by atoms with van der Waals surface area (Å²) in [4.78, 5) is 30.3. The molecule has 0 unspecified atom stereocenters. The van der Waals surface area contributed by atoms with Crippen LogP contribution in [0.25, 0.3) is 0 Å². The lowest BCUT2D eigenvalue weighted by molar-refractivity contribution is -0.146. The van der Waals surface area contributed by atoms with Crippen LogP contribution in [0.3, 0.4) is 0 Å². The van der Waals surface area contributed by atoms with Crippen molar-refractivity contribution in [3.8, 4) is 0 Å². The second kappa shape index (κ2) is 13.4. The Morgan fingerprint density at radius 3 is 2.46 bits per heavy atom. The van der Waals surface area contributed by atoms with Gasteiger partial charge >= 0.3 is 5.97 Å². The van der Waals surface area contributed by atoms with E-state index < -0.39 is 0 Å². The number of carbonyl (C=O) groups is 2. The van der Waals surface area contributed by atoms with E-state index in [0.29, 0.717) is 6.54 Å². The molecule has 28 heavy (non-hydrogen) atoms. The van der Waals surface area contributed by atoms with E-state index in [1.807, 2.05) is 37.3 Å². The van der Waals surface area contributed by atoms with Crippen molar-refractivity contribution in [3.05, 3.63) is 35.9 Å². The topological polar surface area (TPSA) is 83.0 Å². The van der Waals surface area contributed by atoms with Crippen LogP contribution in [-0.2, 0) is 20.7 Å². The van der Waals surface area contributed by atoms with Gasteiger partial charge in [0.25, 0.3) is 0 Å². The number of guanidine groups is 1. The van der Waals surface area contributed by atoms with Crippen molar-refractivity contribution in [2.24, 2.45) is 10.9 Å². The molecule has 1 aliphatic rings. The van der Waals surface area contributed by atoms with Crippen LogP contribution in [0.1, 0.15) is 25.3 Å². The van der Waals surface area contributed by atoms with E-state index in [1.165, 1.54) is 12.7 Å². The average molecular weight is 502 g/mol. The van der Waals surface area contributed by atoms with E-state index in [4.69, 9.17) is 4.74 Å². The Balaban J connectivity index is 0.00000392. The van der Waals surface area contributed by atoms with Gasteiger partial charge in [-0.15, -0.1) is 24.0 Å². The Hall–Kier alpha value is -1.84. The highest BCUT2D eigenvalue weighted by molar-refractivity contribution is 14.0. The second-order valence-electron chi connectivity index (χ2n) is 6.54. The average Bonchev–Trinajstić information content (AvgIpc) is 2.71. The first-order chi connectivity index (χ1) is 13.1. The fraction of sp³-hybridized carbons (Fsp3) is 0.550. The highest BCUT2D eigenvalue weighted by Gasteiger charge is 2.27. The molecular formula is C20H31IN4O3. The summed E-state index contributed by atoms with van der Waals surface area (Å²) in [6, 6.07) is 10.1. The second-order valence-corrected chi connectivity index (χ2v) is 6.54. The van der Waals surface area contributed by atoms with Gasteiger partial charge in [-0.05, 0) is 31.7 Å². The molecule has 7 nitrogen and oxygen atoms in total. The van der Waals surface area contributed by atoms with Crippen molar-refractivity contribution in [1.29, 1.82) is 0 Å². The Kier molecular flexibility index (Phi) is 11.5. The maximum absolute atomic E-state index is 12.1. The minimum atomic E-state index is -0.144. The number of aliphatic imine (C=N–C) groups is 1. The lowest BCUT2D eigenvalue weighted by Crippen LogP contribution is -2.47. The minimum absolute atomic E-state index is 0. The molecule has 0 saturated carbocycles. The number of ether oxygens (including phenoxy) is 1. The number of piperidine rings is 1. The summed E-state index contributed by atoms with van der Waals surface area (Å²) in [7, 11) is 1.43. The van der Waals surface area contributed by atoms with Crippen molar-refractivity contribution in [1.82, 2.24) is 15.5 Å². The first-order valence-corrected chi connectivity index (χ1v) is 9.55. The Bertz CT molecular complexity index is 632. The molecule has 8 heteroatoms. The number of hydrogen-bond acceptors (Lipinski definition) is 4. The third-order valence-corrected chi connectivity index (χ3v) is 4.62. The van der Waals surface area contributed by atoms with Crippen LogP contribution in [0, 0.1) is 5.92 Å². The van der Waals surface area contributed by atoms with E-state index in [2.05, 4.69) is 20.5 Å². The molecule has 1 fully saturated rings. The molecule has 1 saturated heterocycles. The van der Waals surface area contributed by atoms with Crippen LogP contribution in [0.15, 0.2) is 35.3 Å². The fourth-order valence-electron chi connectivity index (χ4n) is 3.11. The summed E-state index contributed by atoms with van der Waals surface area (Å²) in [6.07, 6.45) is 2.28. The number of benzene rings is 1. The number of likely N-dealkylation sites (tertiary alicyclic amines) is 1. The molecular weight excluding hydrogens is 471 g/mol. The lowest BCUT2D eigenvalue weighted by Gasteiger charge is -2.33. The zero-order chi connectivity index (χ0) is 19.5. The van der Waals surface area contributed by atoms with Gasteiger partial charge in [0.1, 0.15) is 6.54 Å². The van der Waals surface area contributed by atoms with Crippen molar-refractivity contribution in [2.45, 2.75) is 26.2 Å². The quantitative estimate of drug-likeness (QED) is 0.257. The van der Waals surface area contributed by atoms with E-state index in [9.17, 15) is 9.59 Å². The van der Waals surface area contributed by atoms with Crippen molar-refractivity contribution >= 4 is 41.8 Å². The third kappa shape index (κ3) is 8.04. The van der Waals surface area contributed by atoms with Crippen molar-refractivity contribution in [3.63, 3.8) is 0 Å². The maximum atomic E-state index is 12.1. The van der Waals surface area contributed by atoms with Crippen LogP contribution >= 0.6 is 24.0 Å². The highest BCUT2D eigenvalue weighted by atomic mass is 127. The fourth-order valence-corrected chi connectivity index (χ4v) is 3.11. The monoisotopic (exact) mass is 502 g/mol. The molecule has 0 bridgehead atoms. The van der Waals surface area contributed by atoms with Crippen LogP contribution in [0.2, 0.25) is 0 Å². The number of nitrogens with zero attached hydrogens (tertiary/aromatic N) is 2. The van der Waals surface area contributed by atoms with Gasteiger partial charge in [-0.3, -0.25) is 9.59 Å². The number of nitrogens with one attached hydrogen (secondary N) is 2. The zero-order valence-electron chi connectivity index (χ0n) is 16.6. The smallest absolute Gasteiger partial charge is 0.308 e. The molecule has 0 radical (unpaired) electrons. The molecule has 1 aromatic rings. The van der Waals surface area contributed by atoms with Crippen molar-refractivity contribution in [2.75, 3.05) is 39.8 Å². The molecule has 1 heterocycles. The molecule has 1 aliphatic heterocycles. The first-order valence-electron chi connectivity index (χ1n) is 9.55. The number of methoxy groups -OCH3 is 1. The van der Waals surface area contributed by atoms with Gasteiger partial charge in [0.05, 0.1) is 13.0 Å². The molecule has 2 rings (SSSR count). The molecule has 156 valence electrons. The van der Waals surface area contributed by atoms with E-state index in [-0.39, 0.29) is 48.3 Å². The van der Waals surface area contributed by atoms with Gasteiger partial charge in [-0.1, -0.05) is 30.3 Å². The van der Waals surface area contributed by atoms with Crippen LogP contribution < -0.4 is 10.6 Å². The van der Waals surface area contributed by atoms with E-state index in [1.54, 1.807) is 0 Å². The SMILES string of the molecule is CCNC(=NCC(=O)NCCc1ccccc1)N1CCC(C(=O)OC)CC1.I. The van der Waals surface area contributed by atoms with Gasteiger partial charge < -0.3 is 20.3 Å². The minimum Gasteiger partial charge on any atom is -0.469 e. The highest BCUT2D eigenvalue weighted by Crippen LogP contribution is 2.18. The summed E-state index contributed by atoms with van der Waals surface area (Å²) < 4.78 is 4.83. The normalized spacial score (nSPS) is 14.8. The summed E-state index contributed by atoms with van der Waals surface area (Å²) in [5.41, 5.74) is 1.20. The summed E-state index contributed by atoms with van der Waals surface area (Å²) >= 11 is 0. The van der Waals surface area contributed by atoms with Gasteiger partial charge in [0.2, 0.25) is 5.91 Å². The van der Waals surface area contributed by atoms with Crippen molar-refractivity contribution < 1.29 is 14.3 Å². The predicted octanol–water partition coefficient (Wildman–Crippen LogP) is 1.81. The Morgan fingerprint density at radius 2 is 1.86 bits per heavy atom. The van der Waals surface area contributed by atoms with Gasteiger partial charge in [-0.25, -0.2) is 4.99 Å². The number of rotatable bonds is 7. The Morgan fingerprint density at radius 1 is 1.18 bits per heavy atom. The van der Waals surface area contributed by atoms with E-state index >= 15 is 0 Å². The zero-order valence-corrected chi connectivity index (χ0v) is 19.0. The third-order valence-electron chi connectivity index (χ3n) is 4.62. The van der Waals surface area contributed by atoms with Gasteiger partial charge in [0.15, 0.2) is 5.96 Å². The first kappa shape index (κ1) is 24.2. The van der Waals surface area contributed by atoms with Gasteiger partial charge in [-0.2, -0.15) is 0 Å². The van der Waals surface area contributed by atoms with Gasteiger partial charge in [0, 0.05) is 26.2 Å². The molecule has 2 N–H and O–H groups in total. The maximum Gasteiger partial charge on any atom is 0.308 e. The van der Waals surface area contributed by atoms with Crippen LogP contribution in [0.5, 0.6) is 0 Å². The number of amides is 1. The lowest BCUT2D eigenvalue weighted by atomic mass is 9.97. The molecule has 1 aromatic carbocycles. The number of hydrogen-bond donors (Lipinski definition) is 2. The number of carbonyl (C=O) groups excluding carboxylic acids is 2. The standard InChI is InChI=1S/C20H30N4O3.HI/c1-3-21-20(24-13-10-17(11-14-24)19(26)27-2)23-15-18(25)22-12-9-16-7-5-4-6-8-16;/h4-8,17H,3,9-15H2,1-2H3,(H,21,23)(H,22,25);1H. The molecule has 0 spiro atoms. The Labute approximate surface area is 184 Å². The molecule has 0 aromatic heterocycles. The summed E-state index contributed by atoms with van der Waals surface area (Å²) in [5, 5.41) is 6.14. The summed E-state index contributed by atoms with van der Waals surface area (Å²) in [6.45, 7) is 4.86. The van der Waals surface area contributed by atoms with Crippen LogP contribution in [-0.4, -0.2) is 62.6 Å². The number of halogens is 1. The molecule has 0 atom stereocenters. The number of esters is 1. The molecule has 1 amide bonds. The predicted molar refractivity (Wildman–Crippen MR) is 121 cm³/mol.